The van der Waals surface area contributed by atoms with Crippen LogP contribution >= 0.6 is 38.9 Å². The zero-order chi connectivity index (χ0) is 13.1. The number of halogens is 2. The molecule has 0 aliphatic carbocycles. The predicted octanol–water partition coefficient (Wildman–Crippen LogP) is 4.47. The molecule has 2 rings (SSSR count). The second-order valence-electron chi connectivity index (χ2n) is 3.59. The standard InChI is InChI=1S/C12H9BrClNO2S/c13-10-2-1-8(4-11(10)14)15-5-9-3-7(6-18-9)12(16)17/h1-4,6,15H,5H2,(H,16,17). The molecule has 0 atom stereocenters. The van der Waals surface area contributed by atoms with Crippen LogP contribution in [-0.4, -0.2) is 11.1 Å². The Morgan fingerprint density at radius 2 is 2.22 bits per heavy atom. The Bertz CT molecular complexity index is 585. The number of thiophene rings is 1. The van der Waals surface area contributed by atoms with Crippen LogP contribution in [0.3, 0.4) is 0 Å². The number of anilines is 1. The van der Waals surface area contributed by atoms with E-state index in [1.54, 1.807) is 11.4 Å². The smallest absolute Gasteiger partial charge is 0.336 e. The van der Waals surface area contributed by atoms with Crippen molar-refractivity contribution in [1.82, 2.24) is 0 Å². The van der Waals surface area contributed by atoms with Crippen LogP contribution < -0.4 is 5.32 Å². The number of carboxylic acid groups (broad SMARTS) is 1. The molecule has 3 nitrogen and oxygen atoms in total. The zero-order valence-corrected chi connectivity index (χ0v) is 12.3. The monoisotopic (exact) mass is 345 g/mol. The van der Waals surface area contributed by atoms with Crippen LogP contribution in [0.15, 0.2) is 34.1 Å². The number of hydrogen-bond donors (Lipinski definition) is 2. The van der Waals surface area contributed by atoms with Gasteiger partial charge < -0.3 is 10.4 Å². The van der Waals surface area contributed by atoms with Crippen molar-refractivity contribution in [1.29, 1.82) is 0 Å². The highest BCUT2D eigenvalue weighted by molar-refractivity contribution is 9.10. The minimum absolute atomic E-state index is 0.325. The molecule has 0 saturated heterocycles. The summed E-state index contributed by atoms with van der Waals surface area (Å²) in [5.74, 6) is -0.899. The fourth-order valence-corrected chi connectivity index (χ4v) is 2.61. The minimum atomic E-state index is -0.899. The Labute approximate surface area is 122 Å². The molecule has 0 saturated carbocycles. The van der Waals surface area contributed by atoms with Gasteiger partial charge in [0.1, 0.15) is 0 Å². The van der Waals surface area contributed by atoms with Crippen LogP contribution in [0.4, 0.5) is 5.69 Å². The van der Waals surface area contributed by atoms with Crippen molar-refractivity contribution in [3.8, 4) is 0 Å². The van der Waals surface area contributed by atoms with Gasteiger partial charge >= 0.3 is 5.97 Å². The van der Waals surface area contributed by atoms with Gasteiger partial charge in [-0.2, -0.15) is 0 Å². The molecule has 6 heteroatoms. The van der Waals surface area contributed by atoms with Crippen LogP contribution in [-0.2, 0) is 6.54 Å². The number of aromatic carboxylic acids is 1. The third-order valence-electron chi connectivity index (χ3n) is 2.29. The van der Waals surface area contributed by atoms with Crippen LogP contribution in [0, 0.1) is 0 Å². The molecule has 1 aromatic carbocycles. The van der Waals surface area contributed by atoms with Crippen molar-refractivity contribution in [2.45, 2.75) is 6.54 Å². The van der Waals surface area contributed by atoms with E-state index in [4.69, 9.17) is 16.7 Å². The van der Waals surface area contributed by atoms with Gasteiger partial charge in [-0.1, -0.05) is 11.6 Å². The quantitative estimate of drug-likeness (QED) is 0.858. The van der Waals surface area contributed by atoms with Crippen molar-refractivity contribution >= 4 is 50.5 Å². The highest BCUT2D eigenvalue weighted by Crippen LogP contribution is 2.26. The van der Waals surface area contributed by atoms with Crippen LogP contribution in [0.5, 0.6) is 0 Å². The average molecular weight is 347 g/mol. The van der Waals surface area contributed by atoms with E-state index in [-0.39, 0.29) is 0 Å². The molecule has 0 aliphatic rings. The zero-order valence-electron chi connectivity index (χ0n) is 9.11. The topological polar surface area (TPSA) is 49.3 Å². The van der Waals surface area contributed by atoms with E-state index < -0.39 is 5.97 Å². The van der Waals surface area contributed by atoms with E-state index in [2.05, 4.69) is 21.2 Å². The molecule has 0 radical (unpaired) electrons. The SMILES string of the molecule is O=C(O)c1csc(CNc2ccc(Br)c(Cl)c2)c1. The first-order valence-electron chi connectivity index (χ1n) is 5.06. The highest BCUT2D eigenvalue weighted by Gasteiger charge is 2.06. The molecular weight excluding hydrogens is 338 g/mol. The second-order valence-corrected chi connectivity index (χ2v) is 5.85. The van der Waals surface area contributed by atoms with E-state index in [1.165, 1.54) is 11.3 Å². The summed E-state index contributed by atoms with van der Waals surface area (Å²) in [6.07, 6.45) is 0. The largest absolute Gasteiger partial charge is 0.478 e. The van der Waals surface area contributed by atoms with Crippen LogP contribution in [0.1, 0.15) is 15.2 Å². The first-order valence-corrected chi connectivity index (χ1v) is 7.11. The third-order valence-corrected chi connectivity index (χ3v) is 4.46. The Balaban J connectivity index is 2.02. The molecule has 0 amide bonds. The second kappa shape index (κ2) is 5.73. The van der Waals surface area contributed by atoms with E-state index >= 15 is 0 Å². The number of benzene rings is 1. The summed E-state index contributed by atoms with van der Waals surface area (Å²) in [6, 6.07) is 7.25. The van der Waals surface area contributed by atoms with Gasteiger partial charge in [-0.3, -0.25) is 0 Å². The van der Waals surface area contributed by atoms with Crippen molar-refractivity contribution in [3.63, 3.8) is 0 Å². The maximum atomic E-state index is 10.7. The first kappa shape index (κ1) is 13.4. The predicted molar refractivity (Wildman–Crippen MR) is 77.8 cm³/mol. The normalized spacial score (nSPS) is 10.3. The van der Waals surface area contributed by atoms with Gasteiger partial charge in [0.05, 0.1) is 10.6 Å². The Kier molecular flexibility index (Phi) is 4.27. The Hall–Kier alpha value is -1.04. The number of nitrogens with one attached hydrogen (secondary N) is 1. The first-order chi connectivity index (χ1) is 8.56. The molecule has 0 spiro atoms. The van der Waals surface area contributed by atoms with Crippen molar-refractivity contribution in [2.75, 3.05) is 5.32 Å². The molecular formula is C12H9BrClNO2S. The van der Waals surface area contributed by atoms with Gasteiger partial charge in [-0.25, -0.2) is 4.79 Å². The van der Waals surface area contributed by atoms with E-state index in [1.807, 2.05) is 18.2 Å². The molecule has 0 bridgehead atoms. The summed E-state index contributed by atoms with van der Waals surface area (Å²) in [5.41, 5.74) is 1.22. The van der Waals surface area contributed by atoms with Gasteiger partial charge in [-0.15, -0.1) is 11.3 Å². The number of hydrogen-bond acceptors (Lipinski definition) is 3. The lowest BCUT2D eigenvalue weighted by atomic mass is 10.3. The lowest BCUT2D eigenvalue weighted by Crippen LogP contribution is -1.98. The summed E-state index contributed by atoms with van der Waals surface area (Å²) >= 11 is 10.7. The molecule has 0 fully saturated rings. The van der Waals surface area contributed by atoms with E-state index in [9.17, 15) is 4.79 Å². The number of carbonyl (C=O) groups is 1. The van der Waals surface area contributed by atoms with Gasteiger partial charge in [0.25, 0.3) is 0 Å². The molecule has 94 valence electrons. The van der Waals surface area contributed by atoms with Crippen LogP contribution in [0.25, 0.3) is 0 Å². The summed E-state index contributed by atoms with van der Waals surface area (Å²) in [7, 11) is 0. The molecule has 18 heavy (non-hydrogen) atoms. The van der Waals surface area contributed by atoms with Gasteiger partial charge in [0.15, 0.2) is 0 Å². The summed E-state index contributed by atoms with van der Waals surface area (Å²) in [5, 5.41) is 14.3. The highest BCUT2D eigenvalue weighted by atomic mass is 79.9. The van der Waals surface area contributed by atoms with Crippen molar-refractivity contribution < 1.29 is 9.90 Å². The fraction of sp³-hybridized carbons (Fsp3) is 0.0833. The average Bonchev–Trinajstić information content (AvgIpc) is 2.79. The van der Waals surface area contributed by atoms with Gasteiger partial charge in [0.2, 0.25) is 0 Å². The summed E-state index contributed by atoms with van der Waals surface area (Å²) in [6.45, 7) is 0.579. The maximum Gasteiger partial charge on any atom is 0.336 e. The number of rotatable bonds is 4. The molecule has 1 heterocycles. The van der Waals surface area contributed by atoms with Gasteiger partial charge in [0, 0.05) is 27.0 Å². The molecule has 2 aromatic rings. The molecule has 1 aromatic heterocycles. The maximum absolute atomic E-state index is 10.7. The lowest BCUT2D eigenvalue weighted by molar-refractivity contribution is 0.0697. The number of carboxylic acids is 1. The summed E-state index contributed by atoms with van der Waals surface area (Å²) < 4.78 is 0.846. The lowest BCUT2D eigenvalue weighted by Gasteiger charge is -2.05. The molecule has 0 aliphatic heterocycles. The van der Waals surface area contributed by atoms with Crippen molar-refractivity contribution in [2.24, 2.45) is 0 Å². The van der Waals surface area contributed by atoms with E-state index in [0.29, 0.717) is 17.1 Å². The Morgan fingerprint density at radius 1 is 1.44 bits per heavy atom. The summed E-state index contributed by atoms with van der Waals surface area (Å²) in [4.78, 5) is 11.7. The van der Waals surface area contributed by atoms with Crippen molar-refractivity contribution in [3.05, 3.63) is 49.6 Å². The molecule has 2 N–H and O–H groups in total. The van der Waals surface area contributed by atoms with Gasteiger partial charge in [-0.05, 0) is 40.2 Å². The molecule has 0 unspecified atom stereocenters. The Morgan fingerprint density at radius 3 is 2.83 bits per heavy atom. The fourth-order valence-electron chi connectivity index (χ4n) is 1.38. The minimum Gasteiger partial charge on any atom is -0.478 e. The van der Waals surface area contributed by atoms with Crippen LogP contribution in [0.2, 0.25) is 5.02 Å². The third kappa shape index (κ3) is 3.25. The van der Waals surface area contributed by atoms with E-state index in [0.717, 1.165) is 15.0 Å².